The molecule has 0 aliphatic heterocycles. The van der Waals surface area contributed by atoms with Crippen LogP contribution >= 0.6 is 11.6 Å². The third-order valence-corrected chi connectivity index (χ3v) is 3.51. The van der Waals surface area contributed by atoms with Crippen LogP contribution in [-0.4, -0.2) is 26.0 Å². The molecule has 0 aliphatic rings. The summed E-state index contributed by atoms with van der Waals surface area (Å²) in [7, 11) is 0. The van der Waals surface area contributed by atoms with E-state index in [1.54, 1.807) is 12.4 Å². The van der Waals surface area contributed by atoms with Crippen molar-refractivity contribution >= 4 is 17.5 Å². The number of aromatic nitrogens is 4. The highest BCUT2D eigenvalue weighted by molar-refractivity contribution is 6.28. The summed E-state index contributed by atoms with van der Waals surface area (Å²) in [6.45, 7) is 3.45. The lowest BCUT2D eigenvalue weighted by Gasteiger charge is -2.17. The molecule has 2 aromatic rings. The SMILES string of the molecule is CCC(CCc1ccncc1)Nc1nc(Cl)nc(C(C)F)n1. The normalized spacial score (nSPS) is 13.6. The first-order valence-electron chi connectivity index (χ1n) is 7.29. The molecule has 0 spiro atoms. The molecule has 0 bridgehead atoms. The zero-order valence-corrected chi connectivity index (χ0v) is 13.4. The molecule has 2 aromatic heterocycles. The maximum atomic E-state index is 13.3. The van der Waals surface area contributed by atoms with Crippen molar-refractivity contribution < 1.29 is 4.39 Å². The van der Waals surface area contributed by atoms with Crippen molar-refractivity contribution in [1.29, 1.82) is 0 Å². The number of nitrogens with one attached hydrogen (secondary N) is 1. The highest BCUT2D eigenvalue weighted by Crippen LogP contribution is 2.17. The van der Waals surface area contributed by atoms with Crippen molar-refractivity contribution in [3.05, 3.63) is 41.2 Å². The van der Waals surface area contributed by atoms with E-state index in [0.29, 0.717) is 5.95 Å². The molecule has 2 unspecified atom stereocenters. The molecular weight excluding hydrogens is 305 g/mol. The fourth-order valence-corrected chi connectivity index (χ4v) is 2.23. The van der Waals surface area contributed by atoms with E-state index in [9.17, 15) is 4.39 Å². The van der Waals surface area contributed by atoms with Crippen LogP contribution < -0.4 is 5.32 Å². The lowest BCUT2D eigenvalue weighted by atomic mass is 10.0. The number of alkyl halides is 1. The molecule has 7 heteroatoms. The van der Waals surface area contributed by atoms with Gasteiger partial charge in [0.2, 0.25) is 11.2 Å². The van der Waals surface area contributed by atoms with Crippen molar-refractivity contribution in [2.45, 2.75) is 45.3 Å². The number of aryl methyl sites for hydroxylation is 1. The molecule has 1 N–H and O–H groups in total. The molecule has 118 valence electrons. The summed E-state index contributed by atoms with van der Waals surface area (Å²) in [5.74, 6) is 0.368. The summed E-state index contributed by atoms with van der Waals surface area (Å²) < 4.78 is 13.3. The monoisotopic (exact) mass is 323 g/mol. The van der Waals surface area contributed by atoms with E-state index in [2.05, 4.69) is 32.2 Å². The van der Waals surface area contributed by atoms with Gasteiger partial charge in [0.1, 0.15) is 0 Å². The van der Waals surface area contributed by atoms with Crippen molar-refractivity contribution in [3.63, 3.8) is 0 Å². The molecule has 2 atom stereocenters. The molecule has 0 fully saturated rings. The van der Waals surface area contributed by atoms with Crippen LogP contribution in [0.5, 0.6) is 0 Å². The highest BCUT2D eigenvalue weighted by atomic mass is 35.5. The summed E-state index contributed by atoms with van der Waals surface area (Å²) in [4.78, 5) is 15.9. The third kappa shape index (κ3) is 4.87. The number of nitrogens with zero attached hydrogens (tertiary/aromatic N) is 4. The van der Waals surface area contributed by atoms with Crippen molar-refractivity contribution in [3.8, 4) is 0 Å². The summed E-state index contributed by atoms with van der Waals surface area (Å²) in [5, 5.41) is 3.21. The largest absolute Gasteiger partial charge is 0.351 e. The van der Waals surface area contributed by atoms with E-state index in [1.807, 2.05) is 12.1 Å². The van der Waals surface area contributed by atoms with Crippen LogP contribution in [0.3, 0.4) is 0 Å². The van der Waals surface area contributed by atoms with Crippen LogP contribution in [0.4, 0.5) is 10.3 Å². The first kappa shape index (κ1) is 16.5. The average Bonchev–Trinajstić information content (AvgIpc) is 2.51. The Morgan fingerprint density at radius 2 is 1.95 bits per heavy atom. The molecule has 0 aliphatic carbocycles. The van der Waals surface area contributed by atoms with Gasteiger partial charge in [0.05, 0.1) is 0 Å². The van der Waals surface area contributed by atoms with Gasteiger partial charge in [-0.2, -0.15) is 15.0 Å². The molecule has 0 radical (unpaired) electrons. The second kappa shape index (κ2) is 7.98. The van der Waals surface area contributed by atoms with Gasteiger partial charge in [0, 0.05) is 18.4 Å². The molecule has 2 heterocycles. The molecule has 0 amide bonds. The summed E-state index contributed by atoms with van der Waals surface area (Å²) in [5.41, 5.74) is 1.22. The van der Waals surface area contributed by atoms with Crippen molar-refractivity contribution in [1.82, 2.24) is 19.9 Å². The number of anilines is 1. The summed E-state index contributed by atoms with van der Waals surface area (Å²) in [6, 6.07) is 4.17. The summed E-state index contributed by atoms with van der Waals surface area (Å²) in [6.07, 6.45) is 5.01. The standard InChI is InChI=1S/C15H19ClFN5/c1-3-12(5-4-11-6-8-18-9-7-11)19-15-21-13(10(2)17)20-14(16)22-15/h6-10,12H,3-5H2,1-2H3,(H,19,20,21,22). The second-order valence-corrected chi connectivity index (χ2v) is 5.38. The number of rotatable bonds is 7. The van der Waals surface area contributed by atoms with Gasteiger partial charge in [0.15, 0.2) is 12.0 Å². The van der Waals surface area contributed by atoms with E-state index in [0.717, 1.165) is 19.3 Å². The molecule has 22 heavy (non-hydrogen) atoms. The van der Waals surface area contributed by atoms with Crippen molar-refractivity contribution in [2.24, 2.45) is 0 Å². The quantitative estimate of drug-likeness (QED) is 0.840. The van der Waals surface area contributed by atoms with Crippen LogP contribution in [0, 0.1) is 0 Å². The Morgan fingerprint density at radius 3 is 2.59 bits per heavy atom. The summed E-state index contributed by atoms with van der Waals surface area (Å²) >= 11 is 5.82. The van der Waals surface area contributed by atoms with Gasteiger partial charge < -0.3 is 5.32 Å². The van der Waals surface area contributed by atoms with Gasteiger partial charge in [-0.1, -0.05) is 6.92 Å². The molecule has 5 nitrogen and oxygen atoms in total. The Hall–Kier alpha value is -1.82. The Labute approximate surface area is 134 Å². The van der Waals surface area contributed by atoms with Gasteiger partial charge in [0.25, 0.3) is 0 Å². The van der Waals surface area contributed by atoms with Crippen LogP contribution in [0.1, 0.15) is 44.2 Å². The van der Waals surface area contributed by atoms with E-state index in [1.165, 1.54) is 12.5 Å². The number of pyridine rings is 1. The fourth-order valence-electron chi connectivity index (χ4n) is 2.06. The first-order valence-corrected chi connectivity index (χ1v) is 7.67. The Morgan fingerprint density at radius 1 is 1.23 bits per heavy atom. The van der Waals surface area contributed by atoms with Gasteiger partial charge in [-0.25, -0.2) is 4.39 Å². The topological polar surface area (TPSA) is 63.6 Å². The van der Waals surface area contributed by atoms with Crippen LogP contribution in [-0.2, 0) is 6.42 Å². The minimum Gasteiger partial charge on any atom is -0.351 e. The number of hydrogen-bond acceptors (Lipinski definition) is 5. The smallest absolute Gasteiger partial charge is 0.227 e. The predicted molar refractivity (Wildman–Crippen MR) is 84.6 cm³/mol. The minimum atomic E-state index is -1.28. The second-order valence-electron chi connectivity index (χ2n) is 5.05. The Kier molecular flexibility index (Phi) is 6.00. The van der Waals surface area contributed by atoms with E-state index < -0.39 is 6.17 Å². The van der Waals surface area contributed by atoms with Gasteiger partial charge in [-0.3, -0.25) is 4.98 Å². The maximum Gasteiger partial charge on any atom is 0.227 e. The van der Waals surface area contributed by atoms with Crippen LogP contribution in [0.15, 0.2) is 24.5 Å². The zero-order chi connectivity index (χ0) is 15.9. The Bertz CT molecular complexity index is 594. The van der Waals surface area contributed by atoms with Gasteiger partial charge in [-0.05, 0) is 55.5 Å². The van der Waals surface area contributed by atoms with Gasteiger partial charge in [-0.15, -0.1) is 0 Å². The number of halogens is 2. The predicted octanol–water partition coefficient (Wildman–Crippen LogP) is 3.77. The highest BCUT2D eigenvalue weighted by Gasteiger charge is 2.14. The van der Waals surface area contributed by atoms with E-state index in [-0.39, 0.29) is 17.1 Å². The zero-order valence-electron chi connectivity index (χ0n) is 12.6. The van der Waals surface area contributed by atoms with Crippen LogP contribution in [0.25, 0.3) is 0 Å². The maximum absolute atomic E-state index is 13.3. The lowest BCUT2D eigenvalue weighted by Crippen LogP contribution is -2.21. The molecule has 0 saturated carbocycles. The molecule has 2 rings (SSSR count). The third-order valence-electron chi connectivity index (χ3n) is 3.34. The minimum absolute atomic E-state index is 0.000914. The molecule has 0 saturated heterocycles. The fraction of sp³-hybridized carbons (Fsp3) is 0.467. The van der Waals surface area contributed by atoms with Gasteiger partial charge >= 0.3 is 0 Å². The molecular formula is C15H19ClFN5. The average molecular weight is 324 g/mol. The van der Waals surface area contributed by atoms with Crippen LogP contribution in [0.2, 0.25) is 5.28 Å². The lowest BCUT2D eigenvalue weighted by molar-refractivity contribution is 0.355. The van der Waals surface area contributed by atoms with E-state index in [4.69, 9.17) is 11.6 Å². The molecule has 0 aromatic carbocycles. The first-order chi connectivity index (χ1) is 10.6. The van der Waals surface area contributed by atoms with Crippen molar-refractivity contribution in [2.75, 3.05) is 5.32 Å². The van der Waals surface area contributed by atoms with E-state index >= 15 is 0 Å². The number of hydrogen-bond donors (Lipinski definition) is 1. The Balaban J connectivity index is 2.00.